The van der Waals surface area contributed by atoms with Crippen LogP contribution in [0.15, 0.2) is 48.5 Å². The lowest BCUT2D eigenvalue weighted by Crippen LogP contribution is -2.46. The number of phenols is 1. The Bertz CT molecular complexity index is 851. The van der Waals surface area contributed by atoms with E-state index < -0.39 is 0 Å². The molecule has 1 heterocycles. The second-order valence-corrected chi connectivity index (χ2v) is 8.39. The van der Waals surface area contributed by atoms with E-state index in [1.807, 2.05) is 30.3 Å². The van der Waals surface area contributed by atoms with Crippen molar-refractivity contribution in [1.82, 2.24) is 10.2 Å². The van der Waals surface area contributed by atoms with Gasteiger partial charge >= 0.3 is 0 Å². The fourth-order valence-electron chi connectivity index (χ4n) is 4.79. The van der Waals surface area contributed by atoms with Crippen molar-refractivity contribution in [3.8, 4) is 5.75 Å². The van der Waals surface area contributed by atoms with E-state index >= 15 is 0 Å². The van der Waals surface area contributed by atoms with Gasteiger partial charge < -0.3 is 10.4 Å². The molecule has 0 saturated heterocycles. The molecule has 2 aromatic carbocycles. The molecular formula is C23H28N2O2. The summed E-state index contributed by atoms with van der Waals surface area (Å²) < 4.78 is 0. The summed E-state index contributed by atoms with van der Waals surface area (Å²) in [4.78, 5) is 15.1. The van der Waals surface area contributed by atoms with Gasteiger partial charge in [0.1, 0.15) is 5.75 Å². The number of benzene rings is 2. The molecule has 0 aromatic heterocycles. The molecule has 27 heavy (non-hydrogen) atoms. The molecule has 4 rings (SSSR count). The smallest absolute Gasteiger partial charge is 0.224 e. The van der Waals surface area contributed by atoms with Crippen LogP contribution in [-0.2, 0) is 23.2 Å². The fraction of sp³-hybridized carbons (Fsp3) is 0.435. The molecule has 2 N–H and O–H groups in total. The number of phenolic OH excluding ortho intramolecular Hbond substituents is 1. The van der Waals surface area contributed by atoms with Gasteiger partial charge in [-0.3, -0.25) is 9.69 Å². The molecule has 1 aliphatic carbocycles. The van der Waals surface area contributed by atoms with Crippen molar-refractivity contribution >= 4 is 5.91 Å². The third-order valence-corrected chi connectivity index (χ3v) is 6.86. The summed E-state index contributed by atoms with van der Waals surface area (Å²) in [5.74, 6) is 0.876. The second kappa shape index (κ2) is 6.68. The van der Waals surface area contributed by atoms with Gasteiger partial charge in [-0.1, -0.05) is 50.2 Å². The van der Waals surface area contributed by atoms with Gasteiger partial charge in [0, 0.05) is 24.5 Å². The Labute approximate surface area is 161 Å². The van der Waals surface area contributed by atoms with Gasteiger partial charge in [-0.25, -0.2) is 0 Å². The molecule has 4 heteroatoms. The Morgan fingerprint density at radius 1 is 1.22 bits per heavy atom. The number of carbonyl (C=O) groups excluding carboxylic acids is 1. The molecule has 0 spiro atoms. The summed E-state index contributed by atoms with van der Waals surface area (Å²) in [6.45, 7) is 5.83. The van der Waals surface area contributed by atoms with E-state index in [9.17, 15) is 9.90 Å². The minimum atomic E-state index is -0.0616. The van der Waals surface area contributed by atoms with Crippen LogP contribution in [0.3, 0.4) is 0 Å². The third-order valence-electron chi connectivity index (χ3n) is 6.86. The van der Waals surface area contributed by atoms with Crippen molar-refractivity contribution in [3.63, 3.8) is 0 Å². The lowest BCUT2D eigenvalue weighted by molar-refractivity contribution is -0.123. The van der Waals surface area contributed by atoms with Crippen LogP contribution in [0.4, 0.5) is 0 Å². The Morgan fingerprint density at radius 3 is 2.70 bits per heavy atom. The lowest BCUT2D eigenvalue weighted by Gasteiger charge is -2.34. The maximum atomic E-state index is 12.9. The normalized spacial score (nSPS) is 29.8. The maximum absolute atomic E-state index is 12.9. The highest BCUT2D eigenvalue weighted by molar-refractivity contribution is 5.85. The topological polar surface area (TPSA) is 52.6 Å². The first kappa shape index (κ1) is 18.1. The molecule has 4 atom stereocenters. The summed E-state index contributed by atoms with van der Waals surface area (Å²) in [5.41, 5.74) is 3.63. The van der Waals surface area contributed by atoms with Crippen LogP contribution in [0.25, 0.3) is 0 Å². The van der Waals surface area contributed by atoms with Crippen LogP contribution in [-0.4, -0.2) is 35.5 Å². The zero-order chi connectivity index (χ0) is 19.2. The van der Waals surface area contributed by atoms with Gasteiger partial charge in [0.05, 0.1) is 5.92 Å². The van der Waals surface area contributed by atoms with Crippen LogP contribution in [0.5, 0.6) is 5.75 Å². The zero-order valence-electron chi connectivity index (χ0n) is 16.3. The quantitative estimate of drug-likeness (QED) is 0.877. The number of carbonyl (C=O) groups is 1. The Morgan fingerprint density at radius 2 is 1.96 bits per heavy atom. The number of amides is 1. The van der Waals surface area contributed by atoms with E-state index in [2.05, 4.69) is 43.2 Å². The Balaban J connectivity index is 1.39. The highest BCUT2D eigenvalue weighted by Crippen LogP contribution is 2.59. The van der Waals surface area contributed by atoms with Gasteiger partial charge in [0.25, 0.3) is 0 Å². The minimum absolute atomic E-state index is 0.0398. The van der Waals surface area contributed by atoms with E-state index in [0.29, 0.717) is 18.2 Å². The number of aromatic hydroxyl groups is 1. The number of rotatable bonds is 4. The molecule has 1 aliphatic heterocycles. The first-order chi connectivity index (χ1) is 12.9. The first-order valence-electron chi connectivity index (χ1n) is 9.75. The highest BCUT2D eigenvalue weighted by Gasteiger charge is 2.62. The van der Waals surface area contributed by atoms with Crippen LogP contribution >= 0.6 is 0 Å². The molecule has 0 bridgehead atoms. The van der Waals surface area contributed by atoms with Crippen molar-refractivity contribution in [2.75, 3.05) is 13.6 Å². The number of hydrogen-bond acceptors (Lipinski definition) is 3. The SMILES string of the molecule is CC1C(C(=O)NC[C@@H]2Cc3ccc(O)cc3CN2C)[C@]1(C)c1ccccc1. The fourth-order valence-corrected chi connectivity index (χ4v) is 4.79. The van der Waals surface area contributed by atoms with E-state index in [0.717, 1.165) is 13.0 Å². The third kappa shape index (κ3) is 3.12. The Hall–Kier alpha value is -2.33. The van der Waals surface area contributed by atoms with Gasteiger partial charge in [0.15, 0.2) is 0 Å². The standard InChI is InChI=1S/C23H28N2O2/c1-15-21(23(15,2)18-7-5-4-6-8-18)22(27)24-13-19-11-16-9-10-20(26)12-17(16)14-25(19)3/h4-10,12,15,19,21,26H,11,13-14H2,1-3H3,(H,24,27)/t15?,19-,21?,23-/m0/s1. The largest absolute Gasteiger partial charge is 0.508 e. The van der Waals surface area contributed by atoms with Gasteiger partial charge in [-0.2, -0.15) is 0 Å². The molecular weight excluding hydrogens is 336 g/mol. The van der Waals surface area contributed by atoms with Crippen molar-refractivity contribution < 1.29 is 9.90 Å². The number of hydrogen-bond donors (Lipinski definition) is 2. The molecule has 2 unspecified atom stereocenters. The van der Waals surface area contributed by atoms with E-state index in [-0.39, 0.29) is 23.3 Å². The molecule has 0 radical (unpaired) electrons. The van der Waals surface area contributed by atoms with E-state index in [1.54, 1.807) is 6.07 Å². The van der Waals surface area contributed by atoms with Gasteiger partial charge in [-0.05, 0) is 48.2 Å². The van der Waals surface area contributed by atoms with E-state index in [1.165, 1.54) is 16.7 Å². The van der Waals surface area contributed by atoms with Crippen LogP contribution in [0, 0.1) is 11.8 Å². The van der Waals surface area contributed by atoms with Crippen LogP contribution < -0.4 is 5.32 Å². The molecule has 1 fully saturated rings. The van der Waals surface area contributed by atoms with Crippen molar-refractivity contribution in [1.29, 1.82) is 0 Å². The van der Waals surface area contributed by atoms with Gasteiger partial charge in [-0.15, -0.1) is 0 Å². The summed E-state index contributed by atoms with van der Waals surface area (Å²) in [6, 6.07) is 16.3. The molecule has 1 saturated carbocycles. The average Bonchev–Trinajstić information content (AvgIpc) is 3.22. The summed E-state index contributed by atoms with van der Waals surface area (Å²) in [7, 11) is 2.08. The zero-order valence-corrected chi connectivity index (χ0v) is 16.3. The average molecular weight is 364 g/mol. The summed E-state index contributed by atoms with van der Waals surface area (Å²) >= 11 is 0. The molecule has 2 aromatic rings. The van der Waals surface area contributed by atoms with Crippen molar-refractivity contribution in [3.05, 3.63) is 65.2 Å². The number of nitrogens with zero attached hydrogens (tertiary/aromatic N) is 1. The number of likely N-dealkylation sites (N-methyl/N-ethyl adjacent to an activating group) is 1. The monoisotopic (exact) mass is 364 g/mol. The first-order valence-corrected chi connectivity index (χ1v) is 9.75. The predicted octanol–water partition coefficient (Wildman–Crippen LogP) is 3.09. The van der Waals surface area contributed by atoms with Crippen LogP contribution in [0.1, 0.15) is 30.5 Å². The number of nitrogens with one attached hydrogen (secondary N) is 1. The Kier molecular flexibility index (Phi) is 4.47. The van der Waals surface area contributed by atoms with Gasteiger partial charge in [0.2, 0.25) is 5.91 Å². The summed E-state index contributed by atoms with van der Waals surface area (Å²) in [6.07, 6.45) is 0.891. The maximum Gasteiger partial charge on any atom is 0.224 e. The molecule has 4 nitrogen and oxygen atoms in total. The van der Waals surface area contributed by atoms with Crippen LogP contribution in [0.2, 0.25) is 0 Å². The summed E-state index contributed by atoms with van der Waals surface area (Å²) in [5, 5.41) is 12.9. The highest BCUT2D eigenvalue weighted by atomic mass is 16.3. The predicted molar refractivity (Wildman–Crippen MR) is 107 cm³/mol. The van der Waals surface area contributed by atoms with Crippen molar-refractivity contribution in [2.24, 2.45) is 11.8 Å². The molecule has 142 valence electrons. The minimum Gasteiger partial charge on any atom is -0.508 e. The molecule has 1 amide bonds. The number of fused-ring (bicyclic) bond motifs is 1. The van der Waals surface area contributed by atoms with Crippen molar-refractivity contribution in [2.45, 2.75) is 38.3 Å². The lowest BCUT2D eigenvalue weighted by atomic mass is 9.93. The second-order valence-electron chi connectivity index (χ2n) is 8.39. The molecule has 2 aliphatic rings. The van der Waals surface area contributed by atoms with E-state index in [4.69, 9.17) is 0 Å².